The predicted molar refractivity (Wildman–Crippen MR) is 65.6 cm³/mol. The number of hydrogen-bond donors (Lipinski definition) is 1. The minimum absolute atomic E-state index is 0.626. The summed E-state index contributed by atoms with van der Waals surface area (Å²) in [6, 6.07) is 1.92. The normalized spacial score (nSPS) is 10.6. The second kappa shape index (κ2) is 4.57. The minimum Gasteiger partial charge on any atom is -0.343 e. The first-order valence-corrected chi connectivity index (χ1v) is 5.69. The molecule has 0 aliphatic heterocycles. The molecule has 2 rings (SSSR count). The van der Waals surface area contributed by atoms with Gasteiger partial charge in [-0.25, -0.2) is 4.98 Å². The Kier molecular flexibility index (Phi) is 3.14. The van der Waals surface area contributed by atoms with Crippen molar-refractivity contribution in [1.29, 1.82) is 0 Å². The highest BCUT2D eigenvalue weighted by atomic mass is 32.1. The van der Waals surface area contributed by atoms with E-state index in [4.69, 9.17) is 12.2 Å². The summed E-state index contributed by atoms with van der Waals surface area (Å²) >= 11 is 5.15. The largest absolute Gasteiger partial charge is 0.343 e. The van der Waals surface area contributed by atoms with Crippen molar-refractivity contribution in [3.05, 3.63) is 28.8 Å². The minimum atomic E-state index is 0.626. The van der Waals surface area contributed by atoms with E-state index in [1.807, 2.05) is 19.3 Å². The summed E-state index contributed by atoms with van der Waals surface area (Å²) in [5.74, 6) is 0.795. The van der Waals surface area contributed by atoms with Gasteiger partial charge in [0.1, 0.15) is 10.5 Å². The fourth-order valence-electron chi connectivity index (χ4n) is 1.59. The van der Waals surface area contributed by atoms with Gasteiger partial charge in [-0.15, -0.1) is 0 Å². The van der Waals surface area contributed by atoms with E-state index in [2.05, 4.69) is 22.0 Å². The number of nitrogens with zero attached hydrogens (tertiary/aromatic N) is 3. The number of nitrogens with one attached hydrogen (secondary N) is 1. The van der Waals surface area contributed by atoms with Gasteiger partial charge >= 0.3 is 0 Å². The van der Waals surface area contributed by atoms with Crippen LogP contribution in [0.4, 0.5) is 0 Å². The average Bonchev–Trinajstić information content (AvgIpc) is 2.64. The zero-order valence-corrected chi connectivity index (χ0v) is 10.2. The molecule has 0 aliphatic carbocycles. The summed E-state index contributed by atoms with van der Waals surface area (Å²) < 4.78 is 2.38. The van der Waals surface area contributed by atoms with Gasteiger partial charge in [-0.2, -0.15) is 5.10 Å². The molecule has 2 heterocycles. The average molecular weight is 234 g/mol. The molecule has 4 nitrogen and oxygen atoms in total. The van der Waals surface area contributed by atoms with Gasteiger partial charge in [0, 0.05) is 18.9 Å². The molecule has 5 heteroatoms. The quantitative estimate of drug-likeness (QED) is 0.830. The lowest BCUT2D eigenvalue weighted by molar-refractivity contribution is 0.768. The molecule has 0 bridgehead atoms. The number of H-pyrrole nitrogens is 1. The number of aromatic amines is 1. The van der Waals surface area contributed by atoms with Gasteiger partial charge in [-0.3, -0.25) is 4.68 Å². The van der Waals surface area contributed by atoms with E-state index in [-0.39, 0.29) is 0 Å². The third-order valence-electron chi connectivity index (χ3n) is 2.30. The van der Waals surface area contributed by atoms with E-state index >= 15 is 0 Å². The van der Waals surface area contributed by atoms with Crippen molar-refractivity contribution >= 4 is 12.2 Å². The van der Waals surface area contributed by atoms with Gasteiger partial charge in [-0.1, -0.05) is 25.6 Å². The molecule has 2 aromatic rings. The standard InChI is InChI=1S/C11H14N4S/c1-3-4-9-5-10(16)14-11(13-9)8-6-12-15(2)7-8/h5-7H,3-4H2,1-2H3,(H,13,14,16). The molecular weight excluding hydrogens is 220 g/mol. The van der Waals surface area contributed by atoms with Crippen LogP contribution in [0.3, 0.4) is 0 Å². The molecule has 2 aromatic heterocycles. The molecule has 16 heavy (non-hydrogen) atoms. The Balaban J connectivity index is 2.44. The summed E-state index contributed by atoms with van der Waals surface area (Å²) in [4.78, 5) is 7.59. The van der Waals surface area contributed by atoms with Crippen LogP contribution >= 0.6 is 12.2 Å². The maximum Gasteiger partial charge on any atom is 0.142 e. The zero-order valence-electron chi connectivity index (χ0n) is 9.40. The first-order chi connectivity index (χ1) is 7.69. The fraction of sp³-hybridized carbons (Fsp3) is 0.364. The molecule has 0 unspecified atom stereocenters. The van der Waals surface area contributed by atoms with Crippen LogP contribution in [0, 0.1) is 4.64 Å². The molecular formula is C11H14N4S. The van der Waals surface area contributed by atoms with Gasteiger partial charge in [0.05, 0.1) is 11.8 Å². The number of hydrogen-bond acceptors (Lipinski definition) is 3. The highest BCUT2D eigenvalue weighted by Crippen LogP contribution is 2.14. The van der Waals surface area contributed by atoms with Crippen LogP contribution in [0.2, 0.25) is 0 Å². The third kappa shape index (κ3) is 2.36. The van der Waals surface area contributed by atoms with Crippen LogP contribution < -0.4 is 0 Å². The predicted octanol–water partition coefficient (Wildman–Crippen LogP) is 2.49. The molecule has 0 radical (unpaired) electrons. The number of aromatic nitrogens is 4. The Morgan fingerprint density at radius 3 is 2.94 bits per heavy atom. The van der Waals surface area contributed by atoms with Gasteiger partial charge in [0.25, 0.3) is 0 Å². The topological polar surface area (TPSA) is 46.5 Å². The summed E-state index contributed by atoms with van der Waals surface area (Å²) in [6.07, 6.45) is 5.77. The monoisotopic (exact) mass is 234 g/mol. The molecule has 0 spiro atoms. The molecule has 84 valence electrons. The van der Waals surface area contributed by atoms with E-state index in [1.54, 1.807) is 10.9 Å². The summed E-state index contributed by atoms with van der Waals surface area (Å²) in [6.45, 7) is 2.14. The number of rotatable bonds is 3. The molecule has 0 aromatic carbocycles. The van der Waals surface area contributed by atoms with Crippen LogP contribution in [0.5, 0.6) is 0 Å². The van der Waals surface area contributed by atoms with Crippen molar-refractivity contribution < 1.29 is 0 Å². The smallest absolute Gasteiger partial charge is 0.142 e. The van der Waals surface area contributed by atoms with Crippen molar-refractivity contribution in [1.82, 2.24) is 19.7 Å². The van der Waals surface area contributed by atoms with Gasteiger partial charge in [0.2, 0.25) is 0 Å². The van der Waals surface area contributed by atoms with E-state index in [0.29, 0.717) is 4.64 Å². The molecule has 1 N–H and O–H groups in total. The Bertz CT molecular complexity index is 541. The second-order valence-corrected chi connectivity index (χ2v) is 4.16. The summed E-state index contributed by atoms with van der Waals surface area (Å²) in [5, 5.41) is 4.12. The summed E-state index contributed by atoms with van der Waals surface area (Å²) in [5.41, 5.74) is 2.09. The van der Waals surface area contributed by atoms with Crippen LogP contribution in [0.25, 0.3) is 11.4 Å². The molecule has 0 fully saturated rings. The third-order valence-corrected chi connectivity index (χ3v) is 2.51. The number of aryl methyl sites for hydroxylation is 2. The Hall–Kier alpha value is -1.49. The van der Waals surface area contributed by atoms with E-state index in [1.165, 1.54) is 0 Å². The van der Waals surface area contributed by atoms with Crippen molar-refractivity contribution in [3.8, 4) is 11.4 Å². The van der Waals surface area contributed by atoms with Crippen LogP contribution in [0.15, 0.2) is 18.5 Å². The highest BCUT2D eigenvalue weighted by molar-refractivity contribution is 7.71. The Labute approximate surface area is 99.4 Å². The lowest BCUT2D eigenvalue weighted by Gasteiger charge is -2.02. The zero-order chi connectivity index (χ0) is 11.5. The van der Waals surface area contributed by atoms with E-state index in [0.717, 1.165) is 29.9 Å². The molecule has 0 amide bonds. The van der Waals surface area contributed by atoms with E-state index in [9.17, 15) is 0 Å². The second-order valence-electron chi connectivity index (χ2n) is 3.75. The Morgan fingerprint density at radius 1 is 1.50 bits per heavy atom. The maximum atomic E-state index is 5.15. The molecule has 0 atom stereocenters. The first-order valence-electron chi connectivity index (χ1n) is 5.28. The van der Waals surface area contributed by atoms with Crippen molar-refractivity contribution in [2.45, 2.75) is 19.8 Å². The van der Waals surface area contributed by atoms with Crippen LogP contribution in [-0.4, -0.2) is 19.7 Å². The molecule has 0 saturated heterocycles. The van der Waals surface area contributed by atoms with Crippen molar-refractivity contribution in [3.63, 3.8) is 0 Å². The first kappa shape index (κ1) is 11.0. The fourth-order valence-corrected chi connectivity index (χ4v) is 1.83. The highest BCUT2D eigenvalue weighted by Gasteiger charge is 2.04. The van der Waals surface area contributed by atoms with Crippen LogP contribution in [0.1, 0.15) is 19.0 Å². The SMILES string of the molecule is CCCc1cc(=S)nc(-c2cnn(C)c2)[nH]1. The van der Waals surface area contributed by atoms with Gasteiger partial charge in [-0.05, 0) is 12.5 Å². The van der Waals surface area contributed by atoms with E-state index < -0.39 is 0 Å². The van der Waals surface area contributed by atoms with Crippen LogP contribution in [-0.2, 0) is 13.5 Å². The van der Waals surface area contributed by atoms with Crippen molar-refractivity contribution in [2.75, 3.05) is 0 Å². The lowest BCUT2D eigenvalue weighted by atomic mass is 10.2. The maximum absolute atomic E-state index is 5.15. The lowest BCUT2D eigenvalue weighted by Crippen LogP contribution is -1.95. The van der Waals surface area contributed by atoms with Gasteiger partial charge < -0.3 is 4.98 Å². The summed E-state index contributed by atoms with van der Waals surface area (Å²) in [7, 11) is 1.88. The Morgan fingerprint density at radius 2 is 2.31 bits per heavy atom. The van der Waals surface area contributed by atoms with Gasteiger partial charge in [0.15, 0.2) is 0 Å². The molecule has 0 saturated carbocycles. The van der Waals surface area contributed by atoms with Crippen molar-refractivity contribution in [2.24, 2.45) is 7.05 Å². The molecule has 0 aliphatic rings.